The summed E-state index contributed by atoms with van der Waals surface area (Å²) < 4.78 is 25.2. The van der Waals surface area contributed by atoms with Gasteiger partial charge in [0, 0.05) is 100 Å². The topological polar surface area (TPSA) is 194 Å². The van der Waals surface area contributed by atoms with Crippen LogP contribution in [0.25, 0.3) is 11.4 Å². The molecule has 0 spiro atoms. The van der Waals surface area contributed by atoms with Crippen molar-refractivity contribution < 1.29 is 64.3 Å². The van der Waals surface area contributed by atoms with Crippen molar-refractivity contribution in [1.29, 1.82) is 0 Å². The Hall–Kier alpha value is -8.48. The SMILES string of the molecule is C#C[C@]1(O)CCN(C)C1=O.COC(=O)c1nn(-c2cccc(Br)c2)c2c1CN(C1COC1)CC2.COC(=O)c1nn(-c2cccc(C#C[C@]3(O)CCN(C)C3=O)c2)c2c1CN(C1COC1)CC2.[Cl][Pd][Cl].c1ccc(P(c2ccccc2)c2ccccc2)cc1.c1ccc(P(c2ccccc2)c2ccccc2)cc1. The summed E-state index contributed by atoms with van der Waals surface area (Å²) >= 11 is 3.39. The monoisotopic (exact) mass is 1680 g/mol. The van der Waals surface area contributed by atoms with Gasteiger partial charge >= 0.3 is 46.9 Å². The molecule has 18 nitrogen and oxygen atoms in total. The van der Waals surface area contributed by atoms with Gasteiger partial charge < -0.3 is 39.0 Å². The largest absolute Gasteiger partial charge is 0.0622 e. The van der Waals surface area contributed by atoms with Crippen LogP contribution in [0.15, 0.2) is 235 Å². The maximum atomic E-state index is 12.5. The third kappa shape index (κ3) is 19.7. The minimum absolute atomic E-state index is 0.106. The number of benzene rings is 8. The van der Waals surface area contributed by atoms with Gasteiger partial charge in [-0.25, -0.2) is 19.0 Å². The Morgan fingerprint density at radius 3 is 1.17 bits per heavy atom. The van der Waals surface area contributed by atoms with Gasteiger partial charge in [-0.2, -0.15) is 10.2 Å². The number of ether oxygens (including phenoxy) is 4. The molecule has 2 atom stereocenters. The van der Waals surface area contributed by atoms with Crippen LogP contribution in [0.1, 0.15) is 61.9 Å². The van der Waals surface area contributed by atoms with Crippen LogP contribution >= 0.6 is 50.8 Å². The fourth-order valence-electron chi connectivity index (χ4n) is 13.1. The predicted octanol–water partition coefficient (Wildman–Crippen LogP) is 10.0. The van der Waals surface area contributed by atoms with Crippen molar-refractivity contribution in [3.05, 3.63) is 274 Å². The van der Waals surface area contributed by atoms with Crippen molar-refractivity contribution in [2.24, 2.45) is 0 Å². The van der Waals surface area contributed by atoms with Crippen LogP contribution in [0.3, 0.4) is 0 Å². The number of carbonyl (C=O) groups excluding carboxylic acids is 4. The number of nitrogens with zero attached hydrogens (tertiary/aromatic N) is 8. The molecule has 0 radical (unpaired) electrons. The van der Waals surface area contributed by atoms with Gasteiger partial charge in [-0.1, -0.05) is 228 Å². The molecule has 4 fully saturated rings. The average molecular weight is 1680 g/mol. The molecule has 6 aliphatic rings. The normalized spacial score (nSPS) is 18.0. The molecule has 16 rings (SSSR count). The van der Waals surface area contributed by atoms with Crippen LogP contribution in [0.2, 0.25) is 0 Å². The number of rotatable bonds is 12. The zero-order valence-electron chi connectivity index (χ0n) is 60.2. The molecule has 2 aromatic heterocycles. The Balaban J connectivity index is 0.000000138. The van der Waals surface area contributed by atoms with Crippen LogP contribution in [-0.2, 0) is 70.4 Å². The van der Waals surface area contributed by atoms with E-state index < -0.39 is 33.0 Å². The fourth-order valence-corrected chi connectivity index (χ4v) is 18.1. The number of amides is 2. The number of aliphatic hydroxyl groups is 2. The van der Waals surface area contributed by atoms with E-state index in [4.69, 9.17) is 44.4 Å². The van der Waals surface area contributed by atoms with Crippen LogP contribution in [-0.4, -0.2) is 177 Å². The van der Waals surface area contributed by atoms with Gasteiger partial charge in [-0.3, -0.25) is 19.4 Å². The third-order valence-electron chi connectivity index (χ3n) is 19.1. The van der Waals surface area contributed by atoms with Crippen molar-refractivity contribution in [2.75, 3.05) is 80.9 Å². The van der Waals surface area contributed by atoms with E-state index in [1.54, 1.807) is 18.8 Å². The third-order valence-corrected chi connectivity index (χ3v) is 24.5. The molecule has 8 heterocycles. The molecule has 4 saturated heterocycles. The van der Waals surface area contributed by atoms with Gasteiger partial charge in [-0.15, -0.1) is 6.42 Å². The van der Waals surface area contributed by atoms with E-state index in [1.807, 2.05) is 53.2 Å². The number of terminal acetylenes is 1. The first-order valence-electron chi connectivity index (χ1n) is 35.1. The number of esters is 2. The minimum Gasteiger partial charge on any atom is -0.0622 e. The second-order valence-corrected chi connectivity index (χ2v) is 33.7. The predicted molar refractivity (Wildman–Crippen MR) is 427 cm³/mol. The second-order valence-electron chi connectivity index (χ2n) is 26.0. The van der Waals surface area contributed by atoms with Gasteiger partial charge in [0.05, 0.1) is 75.5 Å². The Morgan fingerprint density at radius 1 is 0.528 bits per heavy atom. The Kier molecular flexibility index (Phi) is 28.9. The molecule has 0 aliphatic carbocycles. The molecule has 560 valence electrons. The number of methoxy groups -OCH3 is 2. The molecule has 24 heteroatoms. The first kappa shape index (κ1) is 80.5. The van der Waals surface area contributed by atoms with E-state index in [-0.39, 0.29) is 40.1 Å². The number of likely N-dealkylation sites (tertiary alicyclic amines) is 2. The number of halogens is 3. The van der Waals surface area contributed by atoms with Crippen LogP contribution in [0.5, 0.6) is 0 Å². The molecule has 6 aliphatic heterocycles. The summed E-state index contributed by atoms with van der Waals surface area (Å²) in [6, 6.07) is 80.8. The van der Waals surface area contributed by atoms with E-state index in [1.165, 1.54) is 55.8 Å². The molecular formula is C84H83BrCl2N8O10P2Pd. The molecule has 0 unspecified atom stereocenters. The molecule has 8 aromatic carbocycles. The molecule has 108 heavy (non-hydrogen) atoms. The zero-order chi connectivity index (χ0) is 76.2. The maximum Gasteiger partial charge on any atom is -0.0134 e. The summed E-state index contributed by atoms with van der Waals surface area (Å²) in [6.45, 7) is 7.11. The number of hydrogen-bond donors (Lipinski definition) is 2. The van der Waals surface area contributed by atoms with Crippen molar-refractivity contribution >= 4 is 106 Å². The molecular weight excluding hydrogens is 1600 g/mol. The van der Waals surface area contributed by atoms with E-state index >= 15 is 0 Å². The zero-order valence-corrected chi connectivity index (χ0v) is 66.6. The van der Waals surface area contributed by atoms with Crippen LogP contribution in [0, 0.1) is 24.2 Å². The first-order chi connectivity index (χ1) is 52.5. The fraction of sp³-hybridized carbons (Fsp3) is 0.262. The summed E-state index contributed by atoms with van der Waals surface area (Å²) in [5.74, 6) is 6.19. The van der Waals surface area contributed by atoms with E-state index in [0.717, 1.165) is 77.5 Å². The Labute approximate surface area is 658 Å². The summed E-state index contributed by atoms with van der Waals surface area (Å²) in [7, 11) is 14.8. The van der Waals surface area contributed by atoms with Gasteiger partial charge in [0.15, 0.2) is 11.4 Å². The first-order valence-corrected chi connectivity index (χ1v) is 42.5. The molecule has 2 amide bonds. The van der Waals surface area contributed by atoms with Gasteiger partial charge in [0.25, 0.3) is 11.8 Å². The number of fused-ring (bicyclic) bond motifs is 2. The summed E-state index contributed by atoms with van der Waals surface area (Å²) in [5.41, 5.74) is 3.83. The standard InChI is InChI=1S/C24H26N4O5.2C18H15P.C17H18BrN3O3.C7H9NO2.2ClH.Pd/c1-26-11-9-24(31,23(26)30)8-6-16-4-3-5-17(12-16)28-20-7-10-27(18-14-33-15-18)13-19(20)21(25-28)22(29)32-2;2*1-4-10-16(11-5-1)19(17-12-6-2-7-13-17)18-14-8-3-9-15-18;1-23-17(22)16-14-8-20(13-9-24-10-13)6-5-15(14)21(19-16)12-4-2-3-11(18)7-12;1-3-7(10)4-5-8(2)6(7)9;;;/h3-5,12,18,31H,7,9-11,13-15H2,1-2H3;2*1-15H;2-4,7,13H,5-6,8-10H2,1H3;1,10H,4-5H2,2H3;2*1H;/q;;;;;;;+2/p-2/t24-;;;;7-;;;/m0...0.../s1. The second kappa shape index (κ2) is 38.7. The van der Waals surface area contributed by atoms with Crippen LogP contribution in [0.4, 0.5) is 0 Å². The summed E-state index contributed by atoms with van der Waals surface area (Å²) in [5, 5.41) is 37.5. The number of likely N-dealkylation sites (N-methyl/N-ethyl adjacent to an activating group) is 2. The molecule has 0 saturated carbocycles. The summed E-state index contributed by atoms with van der Waals surface area (Å²) in [4.78, 5) is 55.5. The van der Waals surface area contributed by atoms with Crippen molar-refractivity contribution in [3.8, 4) is 35.6 Å². The van der Waals surface area contributed by atoms with Crippen LogP contribution < -0.4 is 31.8 Å². The van der Waals surface area contributed by atoms with E-state index in [2.05, 4.69) is 236 Å². The summed E-state index contributed by atoms with van der Waals surface area (Å²) in [6.07, 6.45) is 7.20. The number of aromatic nitrogens is 4. The maximum absolute atomic E-state index is 12.5. The quantitative estimate of drug-likeness (QED) is 0.0508. The van der Waals surface area contributed by atoms with E-state index in [0.29, 0.717) is 74.8 Å². The average Bonchev–Trinajstić information content (AvgIpc) is 1.61. The van der Waals surface area contributed by atoms with E-state index in [9.17, 15) is 29.4 Å². The van der Waals surface area contributed by atoms with Crippen molar-refractivity contribution in [2.45, 2.75) is 62.1 Å². The van der Waals surface area contributed by atoms with Gasteiger partial charge in [-0.05, 0) is 84.1 Å². The number of hydrogen-bond acceptors (Lipinski definition) is 14. The molecule has 10 aromatic rings. The smallest absolute Gasteiger partial charge is 0.0134 e. The Morgan fingerprint density at radius 2 is 0.870 bits per heavy atom. The molecule has 0 bridgehead atoms. The number of carbonyl (C=O) groups is 4. The van der Waals surface area contributed by atoms with Gasteiger partial charge in [0.2, 0.25) is 11.2 Å². The molecule has 2 N–H and O–H groups in total. The van der Waals surface area contributed by atoms with Gasteiger partial charge in [0.1, 0.15) is 0 Å². The Bertz CT molecular complexity index is 4480. The van der Waals surface area contributed by atoms with Crippen molar-refractivity contribution in [1.82, 2.24) is 39.2 Å². The minimum atomic E-state index is -1.65. The van der Waals surface area contributed by atoms with Crippen molar-refractivity contribution in [3.63, 3.8) is 0 Å².